The summed E-state index contributed by atoms with van der Waals surface area (Å²) in [6.45, 7) is 3.13. The van der Waals surface area contributed by atoms with E-state index in [1.165, 1.54) is 30.3 Å². The minimum Gasteiger partial charge on any atom is -0.460 e. The molecule has 0 spiro atoms. The Hall–Kier alpha value is -5.06. The predicted octanol–water partition coefficient (Wildman–Crippen LogP) is 3.93. The van der Waals surface area contributed by atoms with Crippen molar-refractivity contribution in [3.8, 4) is 0 Å². The fourth-order valence-corrected chi connectivity index (χ4v) is 5.31. The molecule has 4 atom stereocenters. The Bertz CT molecular complexity index is 1700. The zero-order valence-corrected chi connectivity index (χ0v) is 29.3. The number of alkyl halides is 3. The monoisotopic (exact) mass is 746 g/mol. The Kier molecular flexibility index (Phi) is 13.9. The highest BCUT2D eigenvalue weighted by Gasteiger charge is 2.42. The van der Waals surface area contributed by atoms with Gasteiger partial charge in [0.15, 0.2) is 6.61 Å². The average Bonchev–Trinajstić information content (AvgIpc) is 3.59. The van der Waals surface area contributed by atoms with Gasteiger partial charge in [-0.2, -0.15) is 13.2 Å². The Morgan fingerprint density at radius 2 is 1.74 bits per heavy atom. The van der Waals surface area contributed by atoms with E-state index in [9.17, 15) is 42.3 Å². The lowest BCUT2D eigenvalue weighted by molar-refractivity contribution is -0.182. The van der Waals surface area contributed by atoms with E-state index in [0.717, 1.165) is 6.08 Å². The quantitative estimate of drug-likeness (QED) is 0.145. The summed E-state index contributed by atoms with van der Waals surface area (Å²) in [4.78, 5) is 62.8. The molecule has 2 aromatic rings. The number of carbonyl (C=O) groups is 5. The normalized spacial score (nSPS) is 19.1. The molecule has 1 aliphatic carbocycles. The molecular formula is C37H41F3N2O11. The summed E-state index contributed by atoms with van der Waals surface area (Å²) >= 11 is 0. The number of rotatable bonds is 14. The molecule has 0 unspecified atom stereocenters. The summed E-state index contributed by atoms with van der Waals surface area (Å²) in [5, 5.41) is 15.3. The molecule has 1 saturated heterocycles. The Morgan fingerprint density at radius 3 is 2.42 bits per heavy atom. The van der Waals surface area contributed by atoms with E-state index in [2.05, 4.69) is 15.4 Å². The van der Waals surface area contributed by atoms with Crippen molar-refractivity contribution in [2.45, 2.75) is 82.7 Å². The lowest BCUT2D eigenvalue weighted by atomic mass is 9.91. The molecular weight excluding hydrogens is 705 g/mol. The van der Waals surface area contributed by atoms with Gasteiger partial charge in [0.1, 0.15) is 30.7 Å². The Labute approximate surface area is 303 Å². The van der Waals surface area contributed by atoms with Crippen LogP contribution in [-0.4, -0.2) is 91.0 Å². The fourth-order valence-electron chi connectivity index (χ4n) is 5.31. The summed E-state index contributed by atoms with van der Waals surface area (Å²) in [6, 6.07) is 11.6. The number of benzene rings is 2. The van der Waals surface area contributed by atoms with Crippen molar-refractivity contribution in [3.05, 3.63) is 88.5 Å². The SMILES string of the molecule is CC(C)(C)OC(=O)CC[C@@H](CO)NC(=O)c1cccc(CNC(=O)C2=C[C@H]3OCO[C@H]3[C@H](OC(=O)c3ccc(C=CC(=O)OCC(F)(F)F)cc3)C2)c1. The van der Waals surface area contributed by atoms with Gasteiger partial charge in [-0.25, -0.2) is 9.59 Å². The number of halogens is 3. The van der Waals surface area contributed by atoms with E-state index in [0.29, 0.717) is 11.1 Å². The maximum atomic E-state index is 13.3. The summed E-state index contributed by atoms with van der Waals surface area (Å²) in [5.41, 5.74) is 1.07. The van der Waals surface area contributed by atoms with E-state index < -0.39 is 72.5 Å². The molecule has 1 heterocycles. The summed E-state index contributed by atoms with van der Waals surface area (Å²) < 4.78 is 63.0. The predicted molar refractivity (Wildman–Crippen MR) is 181 cm³/mol. The second-order valence-corrected chi connectivity index (χ2v) is 13.3. The molecule has 1 fully saturated rings. The lowest BCUT2D eigenvalue weighted by Gasteiger charge is -2.30. The molecule has 0 aromatic heterocycles. The van der Waals surface area contributed by atoms with Crippen molar-refractivity contribution < 1.29 is 65.9 Å². The molecule has 0 bridgehead atoms. The number of aliphatic hydroxyl groups excluding tert-OH is 1. The number of esters is 3. The molecule has 286 valence electrons. The first-order valence-electron chi connectivity index (χ1n) is 16.7. The number of ether oxygens (including phenoxy) is 5. The number of carbonyl (C=O) groups excluding carboxylic acids is 5. The molecule has 4 rings (SSSR count). The molecule has 0 radical (unpaired) electrons. The van der Waals surface area contributed by atoms with Crippen molar-refractivity contribution in [1.29, 1.82) is 0 Å². The third kappa shape index (κ3) is 13.1. The van der Waals surface area contributed by atoms with Crippen LogP contribution in [0.1, 0.15) is 71.9 Å². The van der Waals surface area contributed by atoms with Gasteiger partial charge in [0.2, 0.25) is 5.91 Å². The standard InChI is InChI=1S/C37H41F3N2O11/c1-36(2,3)53-31(45)14-12-27(19-43)42-34(47)25-6-4-5-23(15-25)18-41-33(46)26-16-28-32(51-21-50-28)29(17-26)52-35(48)24-10-7-22(8-11-24)9-13-30(44)49-20-37(38,39)40/h4-11,13,15-16,27-29,32,43H,12,14,17-21H2,1-3H3,(H,41,46)(H,42,47)/t27-,28+,29+,32+/m0/s1. The van der Waals surface area contributed by atoms with Crippen molar-refractivity contribution in [3.63, 3.8) is 0 Å². The zero-order valence-electron chi connectivity index (χ0n) is 29.3. The second-order valence-electron chi connectivity index (χ2n) is 13.3. The zero-order chi connectivity index (χ0) is 38.8. The van der Waals surface area contributed by atoms with Crippen LogP contribution in [0.25, 0.3) is 6.08 Å². The molecule has 53 heavy (non-hydrogen) atoms. The van der Waals surface area contributed by atoms with Crippen LogP contribution in [0.2, 0.25) is 0 Å². The van der Waals surface area contributed by atoms with Crippen LogP contribution >= 0.6 is 0 Å². The first-order valence-corrected chi connectivity index (χ1v) is 16.7. The number of hydrogen-bond donors (Lipinski definition) is 3. The van der Waals surface area contributed by atoms with E-state index in [1.807, 2.05) is 0 Å². The third-order valence-electron chi connectivity index (χ3n) is 7.80. The first-order chi connectivity index (χ1) is 25.0. The summed E-state index contributed by atoms with van der Waals surface area (Å²) in [6.07, 6.45) is -2.99. The van der Waals surface area contributed by atoms with Gasteiger partial charge in [-0.05, 0) is 74.7 Å². The summed E-state index contributed by atoms with van der Waals surface area (Å²) in [7, 11) is 0. The van der Waals surface area contributed by atoms with Gasteiger partial charge in [0.25, 0.3) is 5.91 Å². The van der Waals surface area contributed by atoms with Crippen LogP contribution in [0.4, 0.5) is 13.2 Å². The molecule has 2 aliphatic rings. The van der Waals surface area contributed by atoms with Gasteiger partial charge < -0.3 is 39.4 Å². The molecule has 2 amide bonds. The minimum absolute atomic E-state index is 0.0103. The van der Waals surface area contributed by atoms with Gasteiger partial charge in [-0.15, -0.1) is 0 Å². The topological polar surface area (TPSA) is 176 Å². The molecule has 3 N–H and O–H groups in total. The van der Waals surface area contributed by atoms with E-state index in [-0.39, 0.29) is 55.9 Å². The maximum absolute atomic E-state index is 13.3. The second kappa shape index (κ2) is 18.1. The average molecular weight is 747 g/mol. The van der Waals surface area contributed by atoms with Crippen molar-refractivity contribution in [2.75, 3.05) is 20.0 Å². The van der Waals surface area contributed by atoms with Gasteiger partial charge >= 0.3 is 24.1 Å². The Morgan fingerprint density at radius 1 is 1.00 bits per heavy atom. The molecule has 13 nitrogen and oxygen atoms in total. The van der Waals surface area contributed by atoms with Crippen molar-refractivity contribution in [2.24, 2.45) is 0 Å². The van der Waals surface area contributed by atoms with Crippen molar-refractivity contribution >= 4 is 35.8 Å². The van der Waals surface area contributed by atoms with E-state index >= 15 is 0 Å². The number of hydrogen-bond acceptors (Lipinski definition) is 11. The molecule has 16 heteroatoms. The lowest BCUT2D eigenvalue weighted by Crippen LogP contribution is -2.43. The number of nitrogens with one attached hydrogen (secondary N) is 2. The van der Waals surface area contributed by atoms with Gasteiger partial charge in [-0.3, -0.25) is 14.4 Å². The number of fused-ring (bicyclic) bond motifs is 1. The van der Waals surface area contributed by atoms with Crippen LogP contribution in [0, 0.1) is 0 Å². The number of amides is 2. The highest BCUT2D eigenvalue weighted by atomic mass is 19.4. The van der Waals surface area contributed by atoms with Gasteiger partial charge in [0.05, 0.1) is 18.2 Å². The number of aliphatic hydroxyl groups is 1. The van der Waals surface area contributed by atoms with Crippen LogP contribution < -0.4 is 10.6 Å². The fraction of sp³-hybridized carbons (Fsp3) is 0.432. The van der Waals surface area contributed by atoms with Gasteiger partial charge in [0, 0.05) is 36.6 Å². The van der Waals surface area contributed by atoms with E-state index in [4.69, 9.17) is 18.9 Å². The highest BCUT2D eigenvalue weighted by molar-refractivity contribution is 5.95. The van der Waals surface area contributed by atoms with Crippen LogP contribution in [0.15, 0.2) is 66.3 Å². The Balaban J connectivity index is 1.30. The molecule has 2 aromatic carbocycles. The van der Waals surface area contributed by atoms with Gasteiger partial charge in [-0.1, -0.05) is 24.3 Å². The smallest absolute Gasteiger partial charge is 0.422 e. The maximum Gasteiger partial charge on any atom is 0.422 e. The largest absolute Gasteiger partial charge is 0.460 e. The molecule has 0 saturated carbocycles. The van der Waals surface area contributed by atoms with Crippen LogP contribution in [0.5, 0.6) is 0 Å². The molecule has 1 aliphatic heterocycles. The van der Waals surface area contributed by atoms with Crippen LogP contribution in [-0.2, 0) is 44.6 Å². The first kappa shape index (κ1) is 40.7. The van der Waals surface area contributed by atoms with Crippen molar-refractivity contribution in [1.82, 2.24) is 10.6 Å². The van der Waals surface area contributed by atoms with E-state index in [1.54, 1.807) is 51.1 Å². The summed E-state index contributed by atoms with van der Waals surface area (Å²) in [5.74, 6) is -3.28. The minimum atomic E-state index is -4.64. The third-order valence-corrected chi connectivity index (χ3v) is 7.80. The van der Waals surface area contributed by atoms with Crippen LogP contribution in [0.3, 0.4) is 0 Å². The highest BCUT2D eigenvalue weighted by Crippen LogP contribution is 2.31.